The van der Waals surface area contributed by atoms with Crippen molar-refractivity contribution in [1.29, 1.82) is 0 Å². The molecule has 0 unspecified atom stereocenters. The third-order valence-electron chi connectivity index (χ3n) is 4.54. The van der Waals surface area contributed by atoms with E-state index in [1.165, 1.54) is 33.4 Å². The van der Waals surface area contributed by atoms with Crippen molar-refractivity contribution in [1.82, 2.24) is 0 Å². The SMILES string of the molecule is Fc1ccc(CCc2cccc3c2Cc2ccccc2-3)cc1. The first-order valence-corrected chi connectivity index (χ1v) is 7.75. The maximum atomic E-state index is 13.0. The van der Waals surface area contributed by atoms with Gasteiger partial charge in [-0.25, -0.2) is 4.39 Å². The van der Waals surface area contributed by atoms with Crippen LogP contribution in [0.3, 0.4) is 0 Å². The molecule has 3 aromatic rings. The van der Waals surface area contributed by atoms with Crippen molar-refractivity contribution < 1.29 is 4.39 Å². The third-order valence-corrected chi connectivity index (χ3v) is 4.54. The van der Waals surface area contributed by atoms with Crippen molar-refractivity contribution in [2.45, 2.75) is 19.3 Å². The molecule has 3 aromatic carbocycles. The number of rotatable bonds is 3. The van der Waals surface area contributed by atoms with Gasteiger partial charge in [0, 0.05) is 0 Å². The van der Waals surface area contributed by atoms with Crippen LogP contribution in [0.25, 0.3) is 11.1 Å². The second kappa shape index (κ2) is 5.42. The third kappa shape index (κ3) is 2.33. The van der Waals surface area contributed by atoms with Gasteiger partial charge in [0.15, 0.2) is 0 Å². The van der Waals surface area contributed by atoms with Gasteiger partial charge in [-0.1, -0.05) is 54.6 Å². The van der Waals surface area contributed by atoms with Crippen LogP contribution in [0, 0.1) is 5.82 Å². The van der Waals surface area contributed by atoms with Gasteiger partial charge < -0.3 is 0 Å². The van der Waals surface area contributed by atoms with E-state index in [4.69, 9.17) is 0 Å². The Hall–Kier alpha value is -2.41. The van der Waals surface area contributed by atoms with Gasteiger partial charge in [-0.3, -0.25) is 0 Å². The molecule has 0 radical (unpaired) electrons. The zero-order valence-electron chi connectivity index (χ0n) is 12.4. The van der Waals surface area contributed by atoms with Crippen LogP contribution in [0.4, 0.5) is 4.39 Å². The molecule has 1 aliphatic rings. The minimum atomic E-state index is -0.167. The zero-order valence-corrected chi connectivity index (χ0v) is 12.4. The van der Waals surface area contributed by atoms with Crippen LogP contribution >= 0.6 is 0 Å². The molecule has 0 aromatic heterocycles. The molecule has 0 atom stereocenters. The van der Waals surface area contributed by atoms with Crippen LogP contribution < -0.4 is 0 Å². The number of hydrogen-bond donors (Lipinski definition) is 0. The molecular weight excluding hydrogens is 271 g/mol. The maximum absolute atomic E-state index is 13.0. The van der Waals surface area contributed by atoms with Crippen LogP contribution in [0.15, 0.2) is 66.7 Å². The molecule has 1 heteroatoms. The highest BCUT2D eigenvalue weighted by atomic mass is 19.1. The minimum absolute atomic E-state index is 0.167. The predicted octanol–water partition coefficient (Wildman–Crippen LogP) is 5.18. The lowest BCUT2D eigenvalue weighted by atomic mass is 9.96. The highest BCUT2D eigenvalue weighted by Gasteiger charge is 2.19. The quantitative estimate of drug-likeness (QED) is 0.487. The summed E-state index contributed by atoms with van der Waals surface area (Å²) in [7, 11) is 0. The summed E-state index contributed by atoms with van der Waals surface area (Å²) < 4.78 is 13.0. The molecule has 0 aliphatic heterocycles. The van der Waals surface area contributed by atoms with Crippen LogP contribution in [0.1, 0.15) is 22.3 Å². The standard InChI is InChI=1S/C21H17F/c22-18-12-9-15(10-13-18)8-11-16-5-3-7-20-19-6-2-1-4-17(19)14-21(16)20/h1-7,9-10,12-13H,8,11,14H2. The van der Waals surface area contributed by atoms with E-state index in [1.807, 2.05) is 12.1 Å². The Labute approximate surface area is 130 Å². The van der Waals surface area contributed by atoms with E-state index in [2.05, 4.69) is 42.5 Å². The Morgan fingerprint density at radius 2 is 1.50 bits per heavy atom. The minimum Gasteiger partial charge on any atom is -0.207 e. The summed E-state index contributed by atoms with van der Waals surface area (Å²) in [5, 5.41) is 0. The van der Waals surface area contributed by atoms with E-state index in [1.54, 1.807) is 12.1 Å². The van der Waals surface area contributed by atoms with E-state index in [9.17, 15) is 4.39 Å². The monoisotopic (exact) mass is 288 g/mol. The maximum Gasteiger partial charge on any atom is 0.123 e. The number of aryl methyl sites for hydroxylation is 2. The van der Waals surface area contributed by atoms with E-state index in [0.29, 0.717) is 0 Å². The molecule has 0 fully saturated rings. The molecule has 22 heavy (non-hydrogen) atoms. The number of hydrogen-bond acceptors (Lipinski definition) is 0. The molecule has 4 rings (SSSR count). The topological polar surface area (TPSA) is 0 Å². The largest absolute Gasteiger partial charge is 0.207 e. The first kappa shape index (κ1) is 13.3. The molecule has 0 saturated carbocycles. The predicted molar refractivity (Wildman–Crippen MR) is 88.5 cm³/mol. The summed E-state index contributed by atoms with van der Waals surface area (Å²) in [5.74, 6) is -0.167. The summed E-state index contributed by atoms with van der Waals surface area (Å²) in [6.07, 6.45) is 2.99. The van der Waals surface area contributed by atoms with Crippen LogP contribution in [-0.2, 0) is 19.3 Å². The number of benzene rings is 3. The molecule has 0 saturated heterocycles. The van der Waals surface area contributed by atoms with Gasteiger partial charge in [0.2, 0.25) is 0 Å². The summed E-state index contributed by atoms with van der Waals surface area (Å²) in [5.41, 5.74) is 8.25. The van der Waals surface area contributed by atoms with Crippen LogP contribution in [0.5, 0.6) is 0 Å². The molecule has 1 aliphatic carbocycles. The van der Waals surface area contributed by atoms with Gasteiger partial charge in [0.25, 0.3) is 0 Å². The van der Waals surface area contributed by atoms with E-state index >= 15 is 0 Å². The summed E-state index contributed by atoms with van der Waals surface area (Å²) >= 11 is 0. The van der Waals surface area contributed by atoms with E-state index in [0.717, 1.165) is 19.3 Å². The fourth-order valence-corrected chi connectivity index (χ4v) is 3.39. The Bertz CT molecular complexity index is 816. The molecule has 0 heterocycles. The first-order chi connectivity index (χ1) is 10.8. The van der Waals surface area contributed by atoms with Gasteiger partial charge >= 0.3 is 0 Å². The lowest BCUT2D eigenvalue weighted by Crippen LogP contribution is -1.96. The van der Waals surface area contributed by atoms with Gasteiger partial charge in [-0.15, -0.1) is 0 Å². The van der Waals surface area contributed by atoms with Gasteiger partial charge in [-0.05, 0) is 64.8 Å². The Balaban J connectivity index is 1.61. The highest BCUT2D eigenvalue weighted by molar-refractivity contribution is 5.77. The Morgan fingerprint density at radius 3 is 2.36 bits per heavy atom. The van der Waals surface area contributed by atoms with E-state index < -0.39 is 0 Å². The normalized spacial score (nSPS) is 12.0. The van der Waals surface area contributed by atoms with Gasteiger partial charge in [-0.2, -0.15) is 0 Å². The highest BCUT2D eigenvalue weighted by Crippen LogP contribution is 2.38. The Morgan fingerprint density at radius 1 is 0.727 bits per heavy atom. The molecular formula is C21H17F. The second-order valence-corrected chi connectivity index (χ2v) is 5.90. The summed E-state index contributed by atoms with van der Waals surface area (Å²) in [6, 6.07) is 22.1. The zero-order chi connectivity index (χ0) is 14.9. The van der Waals surface area contributed by atoms with Crippen molar-refractivity contribution in [3.63, 3.8) is 0 Å². The molecule has 0 nitrogen and oxygen atoms in total. The van der Waals surface area contributed by atoms with Crippen molar-refractivity contribution in [3.05, 3.63) is 94.8 Å². The van der Waals surface area contributed by atoms with Gasteiger partial charge in [0.1, 0.15) is 5.82 Å². The fourth-order valence-electron chi connectivity index (χ4n) is 3.39. The lowest BCUT2D eigenvalue weighted by Gasteiger charge is -2.09. The molecule has 0 N–H and O–H groups in total. The molecule has 0 spiro atoms. The summed E-state index contributed by atoms with van der Waals surface area (Å²) in [6.45, 7) is 0. The smallest absolute Gasteiger partial charge is 0.123 e. The average molecular weight is 288 g/mol. The second-order valence-electron chi connectivity index (χ2n) is 5.90. The lowest BCUT2D eigenvalue weighted by molar-refractivity contribution is 0.627. The number of fused-ring (bicyclic) bond motifs is 3. The van der Waals surface area contributed by atoms with Gasteiger partial charge in [0.05, 0.1) is 0 Å². The van der Waals surface area contributed by atoms with Crippen molar-refractivity contribution in [3.8, 4) is 11.1 Å². The van der Waals surface area contributed by atoms with Crippen LogP contribution in [0.2, 0.25) is 0 Å². The van der Waals surface area contributed by atoms with Crippen molar-refractivity contribution >= 4 is 0 Å². The van der Waals surface area contributed by atoms with Crippen molar-refractivity contribution in [2.75, 3.05) is 0 Å². The molecule has 108 valence electrons. The molecule has 0 amide bonds. The molecule has 0 bridgehead atoms. The van der Waals surface area contributed by atoms with Crippen LogP contribution in [-0.4, -0.2) is 0 Å². The summed E-state index contributed by atoms with van der Waals surface area (Å²) in [4.78, 5) is 0. The fraction of sp³-hybridized carbons (Fsp3) is 0.143. The van der Waals surface area contributed by atoms with Crippen molar-refractivity contribution in [2.24, 2.45) is 0 Å². The Kier molecular flexibility index (Phi) is 3.27. The van der Waals surface area contributed by atoms with E-state index in [-0.39, 0.29) is 5.82 Å². The average Bonchev–Trinajstić information content (AvgIpc) is 2.94. The number of halogens is 1. The first-order valence-electron chi connectivity index (χ1n) is 7.75.